The van der Waals surface area contributed by atoms with Gasteiger partial charge in [0.2, 0.25) is 10.0 Å². The number of hydrogen-bond donors (Lipinski definition) is 2. The Labute approximate surface area is 129 Å². The number of aromatic nitrogens is 1. The van der Waals surface area contributed by atoms with Crippen molar-refractivity contribution in [1.29, 1.82) is 0 Å². The van der Waals surface area contributed by atoms with E-state index in [1.165, 1.54) is 18.7 Å². The monoisotopic (exact) mass is 330 g/mol. The highest BCUT2D eigenvalue weighted by atomic mass is 35.5. The first kappa shape index (κ1) is 15.0. The van der Waals surface area contributed by atoms with E-state index in [1.807, 2.05) is 0 Å². The van der Waals surface area contributed by atoms with Crippen molar-refractivity contribution in [3.05, 3.63) is 17.3 Å². The van der Waals surface area contributed by atoms with Crippen LogP contribution in [-0.4, -0.2) is 43.5 Å². The molecule has 2 saturated heterocycles. The molecule has 3 heterocycles. The van der Waals surface area contributed by atoms with Crippen molar-refractivity contribution < 1.29 is 8.42 Å². The maximum absolute atomic E-state index is 12.4. The Bertz CT molecular complexity index is 637. The van der Waals surface area contributed by atoms with Gasteiger partial charge in [0.1, 0.15) is 10.7 Å². The predicted molar refractivity (Wildman–Crippen MR) is 81.6 cm³/mol. The number of nitrogens with two attached hydrogens (primary N) is 1. The van der Waals surface area contributed by atoms with Gasteiger partial charge in [-0.2, -0.15) is 0 Å². The highest BCUT2D eigenvalue weighted by molar-refractivity contribution is 7.89. The number of nitrogens with one attached hydrogen (secondary N) is 1. The summed E-state index contributed by atoms with van der Waals surface area (Å²) in [6.45, 7) is 2.10. The molecule has 0 radical (unpaired) electrons. The van der Waals surface area contributed by atoms with Crippen molar-refractivity contribution in [2.75, 3.05) is 18.8 Å². The van der Waals surface area contributed by atoms with Crippen molar-refractivity contribution in [3.63, 3.8) is 0 Å². The fourth-order valence-electron chi connectivity index (χ4n) is 3.20. The second kappa shape index (κ2) is 5.72. The van der Waals surface area contributed by atoms with Crippen molar-refractivity contribution in [2.45, 2.75) is 42.7 Å². The maximum atomic E-state index is 12.4. The lowest BCUT2D eigenvalue weighted by Gasteiger charge is -2.34. The molecular weight excluding hydrogens is 312 g/mol. The summed E-state index contributed by atoms with van der Waals surface area (Å²) in [5, 5.41) is 0.156. The van der Waals surface area contributed by atoms with Crippen LogP contribution >= 0.6 is 11.6 Å². The molecule has 0 aliphatic carbocycles. The summed E-state index contributed by atoms with van der Waals surface area (Å²) in [7, 11) is -3.60. The maximum Gasteiger partial charge on any atom is 0.242 e. The van der Waals surface area contributed by atoms with Gasteiger partial charge in [-0.15, -0.1) is 0 Å². The Kier molecular flexibility index (Phi) is 4.09. The van der Waals surface area contributed by atoms with Crippen LogP contribution in [-0.2, 0) is 10.0 Å². The molecule has 0 aromatic carbocycles. The fraction of sp³-hybridized carbons (Fsp3) is 0.615. The minimum absolute atomic E-state index is 0.0225. The lowest BCUT2D eigenvalue weighted by atomic mass is 9.99. The standard InChI is InChI=1S/C13H19ClN4O2S/c14-12-7-11(8-16-13(12)15)21(19,20)17-9-3-5-18-4-1-2-10(18)6-9/h7-10,17H,1-6H2,(H2,15,16). The number of nitrogens with zero attached hydrogens (tertiary/aromatic N) is 2. The van der Waals surface area contributed by atoms with Gasteiger partial charge < -0.3 is 10.6 Å². The van der Waals surface area contributed by atoms with Gasteiger partial charge >= 0.3 is 0 Å². The first-order valence-electron chi connectivity index (χ1n) is 7.13. The number of pyridine rings is 1. The predicted octanol–water partition coefficient (Wildman–Crippen LogP) is 1.22. The van der Waals surface area contributed by atoms with Gasteiger partial charge in [-0.25, -0.2) is 18.1 Å². The Hall–Kier alpha value is -0.890. The molecule has 8 heteroatoms. The molecule has 2 fully saturated rings. The second-order valence-corrected chi connectivity index (χ2v) is 7.83. The average Bonchev–Trinajstić information content (AvgIpc) is 2.88. The lowest BCUT2D eigenvalue weighted by Crippen LogP contribution is -2.47. The number of sulfonamides is 1. The first-order chi connectivity index (χ1) is 9.95. The Morgan fingerprint density at radius 3 is 2.95 bits per heavy atom. The van der Waals surface area contributed by atoms with Gasteiger partial charge in [0, 0.05) is 18.3 Å². The minimum atomic E-state index is -3.60. The van der Waals surface area contributed by atoms with Crippen LogP contribution in [0.5, 0.6) is 0 Å². The molecule has 3 rings (SSSR count). The zero-order valence-corrected chi connectivity index (χ0v) is 13.2. The van der Waals surface area contributed by atoms with E-state index in [9.17, 15) is 8.42 Å². The minimum Gasteiger partial charge on any atom is -0.382 e. The van der Waals surface area contributed by atoms with E-state index in [0.29, 0.717) is 6.04 Å². The number of nitrogen functional groups attached to an aromatic ring is 1. The molecule has 21 heavy (non-hydrogen) atoms. The lowest BCUT2D eigenvalue weighted by molar-refractivity contribution is 0.176. The quantitative estimate of drug-likeness (QED) is 0.870. The first-order valence-corrected chi connectivity index (χ1v) is 8.99. The molecule has 6 nitrogen and oxygen atoms in total. The Morgan fingerprint density at radius 2 is 2.19 bits per heavy atom. The van der Waals surface area contributed by atoms with E-state index in [-0.39, 0.29) is 21.8 Å². The molecule has 0 bridgehead atoms. The van der Waals surface area contributed by atoms with Crippen LogP contribution in [0.15, 0.2) is 17.2 Å². The number of halogens is 1. The molecule has 116 valence electrons. The molecule has 2 aliphatic heterocycles. The van der Waals surface area contributed by atoms with Crippen LogP contribution in [0.4, 0.5) is 5.82 Å². The Balaban J connectivity index is 1.72. The zero-order chi connectivity index (χ0) is 15.0. The summed E-state index contributed by atoms with van der Waals surface area (Å²) in [4.78, 5) is 6.33. The number of fused-ring (bicyclic) bond motifs is 1. The van der Waals surface area contributed by atoms with Gasteiger partial charge in [-0.05, 0) is 44.8 Å². The molecular formula is C13H19ClN4O2S. The van der Waals surface area contributed by atoms with E-state index in [2.05, 4.69) is 14.6 Å². The topological polar surface area (TPSA) is 88.3 Å². The van der Waals surface area contributed by atoms with Gasteiger partial charge in [0.15, 0.2) is 0 Å². The molecule has 0 amide bonds. The summed E-state index contributed by atoms with van der Waals surface area (Å²) >= 11 is 5.85. The van der Waals surface area contributed by atoms with Crippen molar-refractivity contribution in [1.82, 2.24) is 14.6 Å². The van der Waals surface area contributed by atoms with Crippen LogP contribution < -0.4 is 10.5 Å². The van der Waals surface area contributed by atoms with Gasteiger partial charge in [0.05, 0.1) is 5.02 Å². The van der Waals surface area contributed by atoms with Crippen LogP contribution in [0.3, 0.4) is 0 Å². The summed E-state index contributed by atoms with van der Waals surface area (Å²) in [5.74, 6) is 0.134. The number of piperidine rings is 1. The van der Waals surface area contributed by atoms with Crippen molar-refractivity contribution in [3.8, 4) is 0 Å². The molecule has 1 aromatic rings. The average molecular weight is 331 g/mol. The van der Waals surface area contributed by atoms with Crippen LogP contribution in [0, 0.1) is 0 Å². The van der Waals surface area contributed by atoms with Gasteiger partial charge in [-0.3, -0.25) is 0 Å². The number of hydrogen-bond acceptors (Lipinski definition) is 5. The molecule has 2 aliphatic rings. The fourth-order valence-corrected chi connectivity index (χ4v) is 4.68. The highest BCUT2D eigenvalue weighted by Gasteiger charge is 2.33. The number of rotatable bonds is 3. The van der Waals surface area contributed by atoms with E-state index >= 15 is 0 Å². The molecule has 3 N–H and O–H groups in total. The molecule has 0 saturated carbocycles. The van der Waals surface area contributed by atoms with Gasteiger partial charge in [-0.1, -0.05) is 11.6 Å². The third-order valence-electron chi connectivity index (χ3n) is 4.30. The molecule has 2 unspecified atom stereocenters. The summed E-state index contributed by atoms with van der Waals surface area (Å²) in [6, 6.07) is 1.84. The van der Waals surface area contributed by atoms with Crippen molar-refractivity contribution in [2.24, 2.45) is 0 Å². The third-order valence-corrected chi connectivity index (χ3v) is 6.09. The van der Waals surface area contributed by atoms with Crippen LogP contribution in [0.25, 0.3) is 0 Å². The molecule has 2 atom stereocenters. The Morgan fingerprint density at radius 1 is 1.38 bits per heavy atom. The van der Waals surface area contributed by atoms with E-state index in [1.54, 1.807) is 0 Å². The van der Waals surface area contributed by atoms with Crippen LogP contribution in [0.2, 0.25) is 5.02 Å². The number of anilines is 1. The van der Waals surface area contributed by atoms with Crippen molar-refractivity contribution >= 4 is 27.4 Å². The smallest absolute Gasteiger partial charge is 0.242 e. The largest absolute Gasteiger partial charge is 0.382 e. The van der Waals surface area contributed by atoms with Gasteiger partial charge in [0.25, 0.3) is 0 Å². The summed E-state index contributed by atoms with van der Waals surface area (Å²) in [6.07, 6.45) is 5.32. The summed E-state index contributed by atoms with van der Waals surface area (Å²) in [5.41, 5.74) is 5.51. The second-order valence-electron chi connectivity index (χ2n) is 5.71. The van der Waals surface area contributed by atoms with Crippen LogP contribution in [0.1, 0.15) is 25.7 Å². The molecule has 1 aromatic heterocycles. The normalized spacial score (nSPS) is 26.7. The zero-order valence-electron chi connectivity index (χ0n) is 11.6. The SMILES string of the molecule is Nc1ncc(S(=O)(=O)NC2CCN3CCCC3C2)cc1Cl. The molecule has 0 spiro atoms. The third kappa shape index (κ3) is 3.15. The van der Waals surface area contributed by atoms with E-state index < -0.39 is 10.0 Å². The van der Waals surface area contributed by atoms with E-state index in [0.717, 1.165) is 32.4 Å². The van der Waals surface area contributed by atoms with E-state index in [4.69, 9.17) is 17.3 Å². The highest BCUT2D eigenvalue weighted by Crippen LogP contribution is 2.28. The summed E-state index contributed by atoms with van der Waals surface area (Å²) < 4.78 is 27.6.